The highest BCUT2D eigenvalue weighted by molar-refractivity contribution is 6.02. The molecule has 14 heteroatoms. The maximum absolute atomic E-state index is 11.9. The summed E-state index contributed by atoms with van der Waals surface area (Å²) in [5.41, 5.74) is 0.616. The lowest BCUT2D eigenvalue weighted by Crippen LogP contribution is -2.42. The van der Waals surface area contributed by atoms with Gasteiger partial charge in [0.2, 0.25) is 18.3 Å². The van der Waals surface area contributed by atoms with Gasteiger partial charge in [-0.05, 0) is 25.7 Å². The maximum atomic E-state index is 11.9. The Hall–Kier alpha value is -2.97. The SMILES string of the molecule is CC.CC.CC.CC(C)C.COCC(F)(F)OC.Cc1ncn(C2CCC(COC=O)O2)c1/N=C(\NC=O)NC(=O)C(C)C. The molecule has 0 saturated carbocycles. The summed E-state index contributed by atoms with van der Waals surface area (Å²) >= 11 is 0. The van der Waals surface area contributed by atoms with Gasteiger partial charge in [0.15, 0.2) is 5.82 Å². The number of alkyl halides is 2. The first-order valence-corrected chi connectivity index (χ1v) is 15.1. The van der Waals surface area contributed by atoms with E-state index in [1.54, 1.807) is 31.7 Å². The van der Waals surface area contributed by atoms with Crippen LogP contribution in [0.4, 0.5) is 14.6 Å². The molecule has 2 rings (SSSR count). The molecule has 0 aliphatic carbocycles. The molecular formula is C30H59F2N5O7. The zero-order chi connectivity index (χ0) is 35.3. The number of imidazole rings is 1. The highest BCUT2D eigenvalue weighted by atomic mass is 19.3. The van der Waals surface area contributed by atoms with Gasteiger partial charge in [0.25, 0.3) is 6.47 Å². The zero-order valence-electron chi connectivity index (χ0n) is 29.3. The Labute approximate surface area is 263 Å². The second-order valence-corrected chi connectivity index (χ2v) is 9.15. The van der Waals surface area contributed by atoms with Gasteiger partial charge in [0.1, 0.15) is 19.4 Å². The predicted molar refractivity (Wildman–Crippen MR) is 170 cm³/mol. The van der Waals surface area contributed by atoms with E-state index in [9.17, 15) is 23.2 Å². The lowest BCUT2D eigenvalue weighted by molar-refractivity contribution is -0.246. The van der Waals surface area contributed by atoms with Crippen molar-refractivity contribution in [3.05, 3.63) is 12.0 Å². The van der Waals surface area contributed by atoms with Crippen LogP contribution < -0.4 is 10.6 Å². The van der Waals surface area contributed by atoms with Crippen LogP contribution in [0.5, 0.6) is 0 Å². The number of ether oxygens (including phenoxy) is 4. The van der Waals surface area contributed by atoms with E-state index >= 15 is 0 Å². The Balaban J connectivity index is -0.000000368. The van der Waals surface area contributed by atoms with Crippen LogP contribution in [-0.2, 0) is 33.3 Å². The number of halogens is 2. The molecule has 1 fully saturated rings. The molecule has 2 N–H and O–H groups in total. The van der Waals surface area contributed by atoms with Crippen LogP contribution >= 0.6 is 0 Å². The molecule has 0 radical (unpaired) electrons. The first-order chi connectivity index (χ1) is 20.8. The normalized spacial score (nSPS) is 15.3. The quantitative estimate of drug-likeness (QED) is 0.176. The van der Waals surface area contributed by atoms with Crippen molar-refractivity contribution < 1.29 is 42.1 Å². The molecule has 1 aromatic rings. The van der Waals surface area contributed by atoms with Crippen molar-refractivity contribution in [3.8, 4) is 0 Å². The van der Waals surface area contributed by atoms with Crippen molar-refractivity contribution in [3.63, 3.8) is 0 Å². The number of aromatic nitrogens is 2. The third-order valence-electron chi connectivity index (χ3n) is 4.48. The van der Waals surface area contributed by atoms with Crippen molar-refractivity contribution in [2.24, 2.45) is 16.8 Å². The number of carbonyl (C=O) groups excluding carboxylic acids is 3. The molecule has 1 aliphatic heterocycles. The fraction of sp³-hybridized carbons (Fsp3) is 0.767. The van der Waals surface area contributed by atoms with Crippen molar-refractivity contribution >= 4 is 30.6 Å². The van der Waals surface area contributed by atoms with Crippen LogP contribution in [0.3, 0.4) is 0 Å². The molecule has 0 bridgehead atoms. The Kier molecular flexibility index (Phi) is 32.8. The predicted octanol–water partition coefficient (Wildman–Crippen LogP) is 6.16. The van der Waals surface area contributed by atoms with Gasteiger partial charge >= 0.3 is 6.11 Å². The topological polar surface area (TPSA) is 142 Å². The molecule has 260 valence electrons. The summed E-state index contributed by atoms with van der Waals surface area (Å²) in [6, 6.07) is 0. The van der Waals surface area contributed by atoms with Gasteiger partial charge in [0, 0.05) is 20.1 Å². The van der Waals surface area contributed by atoms with E-state index in [0.717, 1.165) is 19.4 Å². The fourth-order valence-corrected chi connectivity index (χ4v) is 2.70. The van der Waals surface area contributed by atoms with Crippen LogP contribution in [0.25, 0.3) is 0 Å². The number of aliphatic imine (C=N–C) groups is 1. The molecule has 44 heavy (non-hydrogen) atoms. The third-order valence-corrected chi connectivity index (χ3v) is 4.48. The van der Waals surface area contributed by atoms with Crippen LogP contribution in [-0.4, -0.2) is 73.9 Å². The fourth-order valence-electron chi connectivity index (χ4n) is 2.70. The number of carbonyl (C=O) groups is 3. The van der Waals surface area contributed by atoms with Crippen LogP contribution in [0, 0.1) is 18.8 Å². The largest absolute Gasteiger partial charge is 0.465 e. The van der Waals surface area contributed by atoms with E-state index in [1.807, 2.05) is 41.5 Å². The van der Waals surface area contributed by atoms with Gasteiger partial charge < -0.3 is 18.9 Å². The van der Waals surface area contributed by atoms with Gasteiger partial charge in [-0.2, -0.15) is 13.8 Å². The number of guanidine groups is 1. The Morgan fingerprint density at radius 1 is 1.11 bits per heavy atom. The van der Waals surface area contributed by atoms with Crippen molar-refractivity contribution in [2.75, 3.05) is 27.4 Å². The number of amides is 2. The summed E-state index contributed by atoms with van der Waals surface area (Å²) in [6.45, 7) is 23.6. The Morgan fingerprint density at radius 2 is 1.66 bits per heavy atom. The van der Waals surface area contributed by atoms with E-state index in [0.29, 0.717) is 30.8 Å². The first-order valence-electron chi connectivity index (χ1n) is 15.1. The second kappa shape index (κ2) is 30.1. The maximum Gasteiger partial charge on any atom is 0.378 e. The van der Waals surface area contributed by atoms with E-state index in [-0.39, 0.29) is 36.7 Å². The number of hydrogen-bond donors (Lipinski definition) is 2. The van der Waals surface area contributed by atoms with E-state index in [4.69, 9.17) is 9.47 Å². The van der Waals surface area contributed by atoms with Crippen LogP contribution in [0.15, 0.2) is 11.3 Å². The smallest absolute Gasteiger partial charge is 0.378 e. The molecule has 2 heterocycles. The van der Waals surface area contributed by atoms with Gasteiger partial charge in [0.05, 0.1) is 18.1 Å². The molecular weight excluding hydrogens is 580 g/mol. The monoisotopic (exact) mass is 639 g/mol. The van der Waals surface area contributed by atoms with Gasteiger partial charge in [-0.1, -0.05) is 76.2 Å². The summed E-state index contributed by atoms with van der Waals surface area (Å²) in [5.74, 6) is 0.768. The second-order valence-electron chi connectivity index (χ2n) is 9.15. The number of rotatable bonds is 10. The Bertz CT molecular complexity index is 879. The van der Waals surface area contributed by atoms with Gasteiger partial charge in [-0.3, -0.25) is 29.6 Å². The van der Waals surface area contributed by atoms with E-state index in [2.05, 4.69) is 50.9 Å². The summed E-state index contributed by atoms with van der Waals surface area (Å²) in [5, 5.41) is 4.95. The van der Waals surface area contributed by atoms with Crippen molar-refractivity contribution in [1.82, 2.24) is 20.2 Å². The van der Waals surface area contributed by atoms with Crippen LogP contribution in [0.2, 0.25) is 0 Å². The average molecular weight is 640 g/mol. The minimum atomic E-state index is -3.13. The summed E-state index contributed by atoms with van der Waals surface area (Å²) < 4.78 is 43.8. The highest BCUT2D eigenvalue weighted by Gasteiger charge is 2.29. The lowest BCUT2D eigenvalue weighted by Gasteiger charge is -2.16. The molecule has 1 aromatic heterocycles. The zero-order valence-corrected chi connectivity index (χ0v) is 29.3. The number of aryl methyl sites for hydroxylation is 1. The molecule has 12 nitrogen and oxygen atoms in total. The molecule has 0 aromatic carbocycles. The molecule has 0 spiro atoms. The molecule has 1 saturated heterocycles. The van der Waals surface area contributed by atoms with E-state index in [1.165, 1.54) is 7.11 Å². The van der Waals surface area contributed by atoms with Gasteiger partial charge in [-0.15, -0.1) is 0 Å². The molecule has 1 aliphatic rings. The molecule has 2 atom stereocenters. The minimum absolute atomic E-state index is 0.0161. The number of nitrogens with one attached hydrogen (secondary N) is 2. The first kappa shape index (κ1) is 47.9. The summed E-state index contributed by atoms with van der Waals surface area (Å²) in [4.78, 5) is 41.6. The standard InChI is InChI=1S/C16H23N5O5.C4H8F2O2.C4H10.3C2H6/c1-10(2)15(24)20-16(18-8-22)19-14-11(3)17-7-21(14)13-5-4-12(26-13)6-25-9-23;1-7-3-4(5,6)8-2;1-4(2)3;3*1-2/h7-10,12-13H,4-6H2,1-3H3,(H2,18,19,20,22,24);3H2,1-2H3;4H,1-3H3;3*1-2H3. The van der Waals surface area contributed by atoms with Gasteiger partial charge in [-0.25, -0.2) is 4.98 Å². The summed E-state index contributed by atoms with van der Waals surface area (Å²) in [6.07, 6.45) is -0.206. The molecule has 2 amide bonds. The average Bonchev–Trinajstić information content (AvgIpc) is 3.61. The third kappa shape index (κ3) is 23.5. The van der Waals surface area contributed by atoms with Crippen molar-refractivity contribution in [1.29, 1.82) is 0 Å². The van der Waals surface area contributed by atoms with E-state index < -0.39 is 12.7 Å². The number of hydrogen-bond acceptors (Lipinski definition) is 9. The van der Waals surface area contributed by atoms with Crippen LogP contribution in [0.1, 0.15) is 101 Å². The van der Waals surface area contributed by atoms with Crippen molar-refractivity contribution in [2.45, 2.75) is 114 Å². The minimum Gasteiger partial charge on any atom is -0.465 e. The Morgan fingerprint density at radius 3 is 2.07 bits per heavy atom. The number of nitrogens with zero attached hydrogens (tertiary/aromatic N) is 3. The molecule has 2 unspecified atom stereocenters. The number of methoxy groups -OCH3 is 2. The lowest BCUT2D eigenvalue weighted by atomic mass is 10.2. The summed E-state index contributed by atoms with van der Waals surface area (Å²) in [7, 11) is 2.12. The highest BCUT2D eigenvalue weighted by Crippen LogP contribution is 2.33.